The summed E-state index contributed by atoms with van der Waals surface area (Å²) in [5, 5.41) is 23.9. The lowest BCUT2D eigenvalue weighted by Gasteiger charge is -2.28. The third-order valence-electron chi connectivity index (χ3n) is 3.46. The Balaban J connectivity index is 2.73. The van der Waals surface area contributed by atoms with Crippen molar-refractivity contribution < 1.29 is 4.79 Å². The maximum absolute atomic E-state index is 12.3. The first-order chi connectivity index (χ1) is 10.2. The van der Waals surface area contributed by atoms with Crippen LogP contribution in [0.25, 0.3) is 0 Å². The van der Waals surface area contributed by atoms with E-state index in [1.54, 1.807) is 18.5 Å². The molecule has 0 aliphatic heterocycles. The highest BCUT2D eigenvalue weighted by molar-refractivity contribution is 8.00. The lowest BCUT2D eigenvalue weighted by atomic mass is 9.90. The molecule has 1 amide bonds. The number of tetrazole rings is 1. The molecule has 1 rings (SSSR count). The third-order valence-corrected chi connectivity index (χ3v) is 4.53. The number of hydrogen-bond donors (Lipinski definition) is 1. The van der Waals surface area contributed by atoms with Crippen molar-refractivity contribution in [2.45, 2.75) is 64.0 Å². The van der Waals surface area contributed by atoms with E-state index in [-0.39, 0.29) is 17.1 Å². The summed E-state index contributed by atoms with van der Waals surface area (Å²) >= 11 is 1.30. The van der Waals surface area contributed by atoms with Crippen molar-refractivity contribution in [1.82, 2.24) is 25.5 Å². The van der Waals surface area contributed by atoms with Gasteiger partial charge in [-0.05, 0) is 36.1 Å². The highest BCUT2D eigenvalue weighted by Gasteiger charge is 2.32. The van der Waals surface area contributed by atoms with Crippen LogP contribution in [0.2, 0.25) is 0 Å². The second kappa shape index (κ2) is 7.58. The van der Waals surface area contributed by atoms with Crippen LogP contribution < -0.4 is 5.32 Å². The van der Waals surface area contributed by atoms with Crippen molar-refractivity contribution >= 4 is 17.7 Å². The fraction of sp³-hybridized carbons (Fsp3) is 0.786. The number of nitriles is 1. The molecule has 2 unspecified atom stereocenters. The standard InChI is InChI=1S/C14H24N6OS/c1-9(2)7-20-13(17-18-19-20)22-11(5)12(21)16-14(6,8-15)10(3)4/h9-11H,7H2,1-6H3,(H,16,21). The quantitative estimate of drug-likeness (QED) is 0.769. The Bertz CT molecular complexity index is 550. The molecule has 0 spiro atoms. The van der Waals surface area contributed by atoms with E-state index in [9.17, 15) is 10.1 Å². The number of nitrogens with zero attached hydrogens (tertiary/aromatic N) is 5. The van der Waals surface area contributed by atoms with Crippen LogP contribution in [-0.2, 0) is 11.3 Å². The van der Waals surface area contributed by atoms with Gasteiger partial charge in [-0.25, -0.2) is 4.68 Å². The van der Waals surface area contributed by atoms with Crippen molar-refractivity contribution in [3.05, 3.63) is 0 Å². The molecule has 0 saturated heterocycles. The Hall–Kier alpha value is -1.62. The van der Waals surface area contributed by atoms with Crippen LogP contribution in [0.3, 0.4) is 0 Å². The largest absolute Gasteiger partial charge is 0.337 e. The highest BCUT2D eigenvalue weighted by atomic mass is 32.2. The van der Waals surface area contributed by atoms with E-state index in [0.29, 0.717) is 17.6 Å². The smallest absolute Gasteiger partial charge is 0.234 e. The molecule has 0 radical (unpaired) electrons. The van der Waals surface area contributed by atoms with Gasteiger partial charge >= 0.3 is 0 Å². The second-order valence-corrected chi connectivity index (χ2v) is 7.56. The van der Waals surface area contributed by atoms with Gasteiger partial charge < -0.3 is 5.32 Å². The Labute approximate surface area is 135 Å². The molecule has 2 atom stereocenters. The van der Waals surface area contributed by atoms with E-state index < -0.39 is 5.54 Å². The van der Waals surface area contributed by atoms with E-state index in [1.807, 2.05) is 13.8 Å². The van der Waals surface area contributed by atoms with Crippen molar-refractivity contribution in [2.24, 2.45) is 11.8 Å². The minimum Gasteiger partial charge on any atom is -0.337 e. The maximum Gasteiger partial charge on any atom is 0.234 e. The average Bonchev–Trinajstić information content (AvgIpc) is 2.84. The van der Waals surface area contributed by atoms with Crippen LogP contribution in [0.4, 0.5) is 0 Å². The van der Waals surface area contributed by atoms with Crippen LogP contribution in [0.1, 0.15) is 41.5 Å². The molecular weight excluding hydrogens is 300 g/mol. The lowest BCUT2D eigenvalue weighted by Crippen LogP contribution is -2.51. The highest BCUT2D eigenvalue weighted by Crippen LogP contribution is 2.23. The summed E-state index contributed by atoms with van der Waals surface area (Å²) in [5.41, 5.74) is -0.879. The molecule has 22 heavy (non-hydrogen) atoms. The molecule has 0 aliphatic carbocycles. The summed E-state index contributed by atoms with van der Waals surface area (Å²) in [4.78, 5) is 12.3. The lowest BCUT2D eigenvalue weighted by molar-refractivity contribution is -0.121. The molecule has 0 bridgehead atoms. The molecule has 1 heterocycles. The van der Waals surface area contributed by atoms with Gasteiger partial charge in [-0.1, -0.05) is 39.5 Å². The van der Waals surface area contributed by atoms with Gasteiger partial charge in [0.05, 0.1) is 11.3 Å². The first-order valence-corrected chi connectivity index (χ1v) is 8.23. The van der Waals surface area contributed by atoms with Crippen molar-refractivity contribution in [2.75, 3.05) is 0 Å². The fourth-order valence-corrected chi connectivity index (χ4v) is 2.41. The normalized spacial score (nSPS) is 15.4. The Morgan fingerprint density at radius 1 is 1.41 bits per heavy atom. The molecule has 1 aromatic heterocycles. The molecule has 8 heteroatoms. The predicted octanol–water partition coefficient (Wildman–Crippen LogP) is 1.86. The number of nitrogens with one attached hydrogen (secondary N) is 1. The van der Waals surface area contributed by atoms with Crippen molar-refractivity contribution in [3.8, 4) is 6.07 Å². The predicted molar refractivity (Wildman–Crippen MR) is 85.0 cm³/mol. The van der Waals surface area contributed by atoms with E-state index in [1.165, 1.54) is 11.8 Å². The number of carbonyl (C=O) groups excluding carboxylic acids is 1. The van der Waals surface area contributed by atoms with Crippen LogP contribution in [-0.4, -0.2) is 36.9 Å². The number of rotatable bonds is 7. The fourth-order valence-electron chi connectivity index (χ4n) is 1.61. The molecule has 122 valence electrons. The zero-order chi connectivity index (χ0) is 16.9. The average molecular weight is 324 g/mol. The van der Waals surface area contributed by atoms with Crippen LogP contribution in [0.15, 0.2) is 5.16 Å². The van der Waals surface area contributed by atoms with Gasteiger partial charge in [0.15, 0.2) is 0 Å². The summed E-state index contributed by atoms with van der Waals surface area (Å²) in [6.45, 7) is 12.2. The van der Waals surface area contributed by atoms with E-state index in [0.717, 1.165) is 0 Å². The Kier molecular flexibility index (Phi) is 6.35. The second-order valence-electron chi connectivity index (χ2n) is 6.26. The monoisotopic (exact) mass is 324 g/mol. The van der Waals surface area contributed by atoms with E-state index in [4.69, 9.17) is 0 Å². The molecule has 0 aliphatic rings. The molecule has 0 saturated carbocycles. The van der Waals surface area contributed by atoms with Gasteiger partial charge in [0.2, 0.25) is 11.1 Å². The molecule has 0 fully saturated rings. The SMILES string of the molecule is CC(C)Cn1nnnc1SC(C)C(=O)NC(C)(C#N)C(C)C. The summed E-state index contributed by atoms with van der Waals surface area (Å²) < 4.78 is 1.70. The van der Waals surface area contributed by atoms with E-state index in [2.05, 4.69) is 40.8 Å². The number of amides is 1. The topological polar surface area (TPSA) is 96.5 Å². The van der Waals surface area contributed by atoms with E-state index >= 15 is 0 Å². The Morgan fingerprint density at radius 3 is 2.55 bits per heavy atom. The van der Waals surface area contributed by atoms with Gasteiger partial charge in [-0.3, -0.25) is 4.79 Å². The number of aromatic nitrogens is 4. The van der Waals surface area contributed by atoms with Gasteiger partial charge in [0, 0.05) is 6.54 Å². The zero-order valence-corrected chi connectivity index (χ0v) is 14.8. The van der Waals surface area contributed by atoms with Crippen LogP contribution in [0, 0.1) is 23.2 Å². The zero-order valence-electron chi connectivity index (χ0n) is 14.0. The molecule has 1 aromatic rings. The summed E-state index contributed by atoms with van der Waals surface area (Å²) in [6.07, 6.45) is 0. The minimum absolute atomic E-state index is 0.0184. The summed E-state index contributed by atoms with van der Waals surface area (Å²) in [5.74, 6) is 0.238. The van der Waals surface area contributed by atoms with Crippen LogP contribution in [0.5, 0.6) is 0 Å². The van der Waals surface area contributed by atoms with Gasteiger partial charge in [-0.15, -0.1) is 5.10 Å². The number of hydrogen-bond acceptors (Lipinski definition) is 6. The van der Waals surface area contributed by atoms with Gasteiger partial charge in [0.1, 0.15) is 5.54 Å². The molecule has 1 N–H and O–H groups in total. The van der Waals surface area contributed by atoms with Gasteiger partial charge in [0.25, 0.3) is 0 Å². The third kappa shape index (κ3) is 4.70. The first-order valence-electron chi connectivity index (χ1n) is 7.35. The maximum atomic E-state index is 12.3. The summed E-state index contributed by atoms with van der Waals surface area (Å²) in [7, 11) is 0. The van der Waals surface area contributed by atoms with Crippen LogP contribution >= 0.6 is 11.8 Å². The first kappa shape index (κ1) is 18.4. The minimum atomic E-state index is -0.879. The summed E-state index contributed by atoms with van der Waals surface area (Å²) in [6, 6.07) is 2.17. The van der Waals surface area contributed by atoms with Gasteiger partial charge in [-0.2, -0.15) is 5.26 Å². The van der Waals surface area contributed by atoms with Crippen molar-refractivity contribution in [1.29, 1.82) is 5.26 Å². The Morgan fingerprint density at radius 2 is 2.05 bits per heavy atom. The number of thioether (sulfide) groups is 1. The molecular formula is C14H24N6OS. The molecule has 0 aromatic carbocycles. The van der Waals surface area contributed by atoms with Crippen molar-refractivity contribution in [3.63, 3.8) is 0 Å². The number of carbonyl (C=O) groups is 1. The molecule has 7 nitrogen and oxygen atoms in total.